The molecule has 2 aliphatic heterocycles. The monoisotopic (exact) mass is 524 g/mol. The number of hydrogen-bond acceptors (Lipinski definition) is 5. The summed E-state index contributed by atoms with van der Waals surface area (Å²) >= 11 is 2.01. The zero-order valence-corrected chi connectivity index (χ0v) is 23.7. The van der Waals surface area contributed by atoms with Crippen LogP contribution in [0.4, 0.5) is 0 Å². The molecule has 1 unspecified atom stereocenters. The number of thiophene rings is 1. The molecule has 4 aromatic heterocycles. The summed E-state index contributed by atoms with van der Waals surface area (Å²) in [5.41, 5.74) is 11.2. The van der Waals surface area contributed by atoms with Crippen LogP contribution in [-0.2, 0) is 0 Å². The number of aryl methyl sites for hydroxylation is 2. The van der Waals surface area contributed by atoms with Crippen LogP contribution in [0, 0.1) is 26.7 Å². The first-order valence-electron chi connectivity index (χ1n) is 13.8. The number of fused-ring (bicyclic) bond motifs is 4. The Bertz CT molecular complexity index is 1660. The van der Waals surface area contributed by atoms with Gasteiger partial charge in [0.15, 0.2) is 5.65 Å². The van der Waals surface area contributed by atoms with Gasteiger partial charge in [-0.15, -0.1) is 11.3 Å². The Labute approximate surface area is 228 Å². The molecule has 2 fully saturated rings. The van der Waals surface area contributed by atoms with Crippen molar-refractivity contribution in [3.05, 3.63) is 75.9 Å². The van der Waals surface area contributed by atoms with Gasteiger partial charge in [-0.3, -0.25) is 4.90 Å². The molecule has 1 saturated heterocycles. The van der Waals surface area contributed by atoms with E-state index in [0.717, 1.165) is 23.8 Å². The smallest absolute Gasteiger partial charge is 0.158 e. The van der Waals surface area contributed by atoms with Crippen molar-refractivity contribution in [2.75, 3.05) is 13.1 Å². The second kappa shape index (κ2) is 8.68. The zero-order valence-electron chi connectivity index (χ0n) is 22.9. The van der Waals surface area contributed by atoms with Gasteiger partial charge >= 0.3 is 0 Å². The standard InChI is InChI=1S/C31H36N6S/c1-16(2)26-27-20(6)29(24-11-23-10-22(24)13-36(23)12-21-7-8-32-17(3)9-21)38-31(27)35-28(26)25-14-37-30(33-15-34-37)19(5)18(25)4/h7-9,14-16,22-24,32,35H,3,10-13H2,1-2,4-6H3/t22-,23?,24+/m0/s1. The number of nitrogens with one attached hydrogen (secondary N) is 2. The van der Waals surface area contributed by atoms with Gasteiger partial charge in [-0.1, -0.05) is 20.4 Å². The molecule has 2 bridgehead atoms. The molecule has 2 N–H and O–H groups in total. The van der Waals surface area contributed by atoms with Crippen LogP contribution in [0.25, 0.3) is 27.1 Å². The SMILES string of the molecule is C=C1C=C(CN2C[C@@H]3CC2C[C@H]3c2sc3[nH]c(-c4cn5ncnc5c(C)c4C)c(C(C)C)c3c2C)C=CN1. The highest BCUT2D eigenvalue weighted by Crippen LogP contribution is 2.53. The van der Waals surface area contributed by atoms with Crippen molar-refractivity contribution >= 4 is 27.2 Å². The van der Waals surface area contributed by atoms with E-state index in [1.165, 1.54) is 68.7 Å². The number of hydrogen-bond donors (Lipinski definition) is 2. The van der Waals surface area contributed by atoms with Crippen molar-refractivity contribution in [3.8, 4) is 11.3 Å². The topological polar surface area (TPSA) is 61.2 Å². The maximum absolute atomic E-state index is 4.46. The van der Waals surface area contributed by atoms with E-state index >= 15 is 0 Å². The van der Waals surface area contributed by atoms with E-state index in [9.17, 15) is 0 Å². The highest BCUT2D eigenvalue weighted by Gasteiger charge is 2.46. The van der Waals surface area contributed by atoms with Crippen molar-refractivity contribution < 1.29 is 0 Å². The molecule has 0 spiro atoms. The third kappa shape index (κ3) is 3.55. The lowest BCUT2D eigenvalue weighted by Crippen LogP contribution is -2.36. The second-order valence-electron chi connectivity index (χ2n) is 11.8. The third-order valence-electron chi connectivity index (χ3n) is 9.24. The average Bonchev–Trinajstić information content (AvgIpc) is 3.68. The van der Waals surface area contributed by atoms with Gasteiger partial charge in [-0.25, -0.2) is 9.50 Å². The minimum atomic E-state index is 0.419. The largest absolute Gasteiger partial charge is 0.362 e. The number of likely N-dealkylation sites (tertiary alicyclic amines) is 1. The fraction of sp³-hybridized carbons (Fsp3) is 0.419. The van der Waals surface area contributed by atoms with Crippen LogP contribution in [0.3, 0.4) is 0 Å². The molecule has 0 amide bonds. The fourth-order valence-corrected chi connectivity index (χ4v) is 8.74. The Balaban J connectivity index is 1.22. The van der Waals surface area contributed by atoms with E-state index in [2.05, 4.69) is 84.8 Å². The summed E-state index contributed by atoms with van der Waals surface area (Å²) in [6.07, 6.45) is 12.8. The van der Waals surface area contributed by atoms with E-state index in [0.29, 0.717) is 17.9 Å². The number of aromatic nitrogens is 4. The summed E-state index contributed by atoms with van der Waals surface area (Å²) in [4.78, 5) is 14.0. The molecule has 1 saturated carbocycles. The van der Waals surface area contributed by atoms with Crippen molar-refractivity contribution in [2.24, 2.45) is 5.92 Å². The van der Waals surface area contributed by atoms with Gasteiger partial charge in [0.25, 0.3) is 0 Å². The number of H-pyrrole nitrogens is 1. The minimum Gasteiger partial charge on any atom is -0.362 e. The van der Waals surface area contributed by atoms with E-state index in [-0.39, 0.29) is 0 Å². The number of allylic oxidation sites excluding steroid dienone is 1. The highest BCUT2D eigenvalue weighted by atomic mass is 32.1. The molecule has 0 aromatic carbocycles. The minimum absolute atomic E-state index is 0.419. The third-order valence-corrected chi connectivity index (χ3v) is 10.6. The lowest BCUT2D eigenvalue weighted by atomic mass is 9.88. The molecule has 6 nitrogen and oxygen atoms in total. The van der Waals surface area contributed by atoms with Crippen molar-refractivity contribution in [2.45, 2.75) is 65.3 Å². The van der Waals surface area contributed by atoms with E-state index in [1.54, 1.807) is 11.2 Å². The Morgan fingerprint density at radius 1 is 1.16 bits per heavy atom. The van der Waals surface area contributed by atoms with Gasteiger partial charge in [0.1, 0.15) is 11.2 Å². The first-order valence-corrected chi connectivity index (χ1v) is 14.6. The molecule has 6 heterocycles. The Hall–Kier alpha value is -3.16. The van der Waals surface area contributed by atoms with Crippen molar-refractivity contribution in [3.63, 3.8) is 0 Å². The number of piperidine rings is 1. The number of pyridine rings is 1. The van der Waals surface area contributed by atoms with Crippen LogP contribution in [0.2, 0.25) is 0 Å². The predicted octanol–water partition coefficient (Wildman–Crippen LogP) is 6.72. The van der Waals surface area contributed by atoms with Gasteiger partial charge in [-0.05, 0) is 91.3 Å². The van der Waals surface area contributed by atoms with Crippen LogP contribution in [0.5, 0.6) is 0 Å². The number of aromatic amines is 1. The first kappa shape index (κ1) is 23.9. The summed E-state index contributed by atoms with van der Waals surface area (Å²) in [6.45, 7) is 17.7. The quantitative estimate of drug-likeness (QED) is 0.304. The molecule has 3 aliphatic rings. The Kier molecular flexibility index (Phi) is 5.46. The number of rotatable bonds is 5. The van der Waals surface area contributed by atoms with E-state index in [4.69, 9.17) is 0 Å². The van der Waals surface area contributed by atoms with Crippen LogP contribution in [0.15, 0.2) is 48.7 Å². The van der Waals surface area contributed by atoms with Gasteiger partial charge in [0, 0.05) is 53.1 Å². The summed E-state index contributed by atoms with van der Waals surface area (Å²) in [5.74, 6) is 1.84. The normalized spacial score (nSPS) is 23.4. The first-order chi connectivity index (χ1) is 18.3. The van der Waals surface area contributed by atoms with Gasteiger partial charge in [-0.2, -0.15) is 5.10 Å². The molecule has 196 valence electrons. The van der Waals surface area contributed by atoms with Crippen LogP contribution in [0.1, 0.15) is 65.7 Å². The summed E-state index contributed by atoms with van der Waals surface area (Å²) in [5, 5.41) is 9.08. The molecular weight excluding hydrogens is 488 g/mol. The summed E-state index contributed by atoms with van der Waals surface area (Å²) < 4.78 is 1.92. The van der Waals surface area contributed by atoms with E-state index in [1.807, 2.05) is 22.1 Å². The highest BCUT2D eigenvalue weighted by molar-refractivity contribution is 7.19. The zero-order chi connectivity index (χ0) is 26.3. The second-order valence-corrected chi connectivity index (χ2v) is 12.9. The molecule has 4 aromatic rings. The number of dihydropyridines is 1. The molecule has 3 atom stereocenters. The number of nitrogens with zero attached hydrogens (tertiary/aromatic N) is 4. The molecular formula is C31H36N6S. The lowest BCUT2D eigenvalue weighted by molar-refractivity contribution is 0.217. The van der Waals surface area contributed by atoms with Crippen LogP contribution >= 0.6 is 11.3 Å². The maximum atomic E-state index is 4.46. The van der Waals surface area contributed by atoms with Crippen molar-refractivity contribution in [1.82, 2.24) is 29.8 Å². The van der Waals surface area contributed by atoms with Crippen LogP contribution in [-0.4, -0.2) is 43.6 Å². The molecule has 7 rings (SSSR count). The Morgan fingerprint density at radius 2 is 2.00 bits per heavy atom. The lowest BCUT2D eigenvalue weighted by Gasteiger charge is -2.32. The summed E-state index contributed by atoms with van der Waals surface area (Å²) in [7, 11) is 0. The molecule has 38 heavy (non-hydrogen) atoms. The van der Waals surface area contributed by atoms with Gasteiger partial charge in [0.2, 0.25) is 0 Å². The molecule has 0 radical (unpaired) electrons. The molecule has 1 aliphatic carbocycles. The average molecular weight is 525 g/mol. The van der Waals surface area contributed by atoms with Crippen LogP contribution < -0.4 is 5.32 Å². The Morgan fingerprint density at radius 3 is 2.74 bits per heavy atom. The summed E-state index contributed by atoms with van der Waals surface area (Å²) in [6, 6.07) is 0.683. The fourth-order valence-electron chi connectivity index (χ4n) is 7.31. The molecule has 7 heteroatoms. The van der Waals surface area contributed by atoms with Crippen molar-refractivity contribution in [1.29, 1.82) is 0 Å². The predicted molar refractivity (Wildman–Crippen MR) is 157 cm³/mol. The van der Waals surface area contributed by atoms with Gasteiger partial charge in [0.05, 0.1) is 5.69 Å². The van der Waals surface area contributed by atoms with Gasteiger partial charge < -0.3 is 10.3 Å². The maximum Gasteiger partial charge on any atom is 0.158 e. The van der Waals surface area contributed by atoms with E-state index < -0.39 is 0 Å².